The highest BCUT2D eigenvalue weighted by Crippen LogP contribution is 2.04. The van der Waals surface area contributed by atoms with Crippen LogP contribution >= 0.6 is 11.8 Å². The number of urea groups is 1. The molecule has 2 N–H and O–H groups in total. The highest BCUT2D eigenvalue weighted by atomic mass is 32.2. The summed E-state index contributed by atoms with van der Waals surface area (Å²) in [5.41, 5.74) is 0. The number of amides is 2. The van der Waals surface area contributed by atoms with E-state index in [1.54, 1.807) is 7.05 Å². The molecule has 0 aromatic carbocycles. The van der Waals surface area contributed by atoms with Crippen LogP contribution in [0.4, 0.5) is 4.79 Å². The molecular formula is C11H24N2O2S. The van der Waals surface area contributed by atoms with E-state index >= 15 is 0 Å². The Balaban J connectivity index is 3.85. The quantitative estimate of drug-likeness (QED) is 0.672. The molecule has 4 nitrogen and oxygen atoms in total. The minimum atomic E-state index is -0.141. The minimum absolute atomic E-state index is 0.00993. The summed E-state index contributed by atoms with van der Waals surface area (Å²) < 4.78 is 0. The molecule has 2 atom stereocenters. The van der Waals surface area contributed by atoms with Crippen LogP contribution in [0, 0.1) is 0 Å². The van der Waals surface area contributed by atoms with Crippen molar-refractivity contribution in [2.45, 2.75) is 39.3 Å². The maximum absolute atomic E-state index is 11.7. The third kappa shape index (κ3) is 6.23. The van der Waals surface area contributed by atoms with Gasteiger partial charge in [-0.2, -0.15) is 11.8 Å². The van der Waals surface area contributed by atoms with E-state index in [0.717, 1.165) is 17.9 Å². The van der Waals surface area contributed by atoms with Crippen molar-refractivity contribution in [1.82, 2.24) is 10.2 Å². The van der Waals surface area contributed by atoms with Gasteiger partial charge in [-0.3, -0.25) is 0 Å². The van der Waals surface area contributed by atoms with Crippen molar-refractivity contribution in [3.05, 3.63) is 0 Å². The lowest BCUT2D eigenvalue weighted by molar-refractivity contribution is 0.155. The van der Waals surface area contributed by atoms with Crippen LogP contribution in [-0.2, 0) is 0 Å². The molecule has 0 radical (unpaired) electrons. The molecule has 96 valence electrons. The van der Waals surface area contributed by atoms with Crippen molar-refractivity contribution in [1.29, 1.82) is 0 Å². The fourth-order valence-corrected chi connectivity index (χ4v) is 1.92. The Hall–Kier alpha value is -0.420. The fraction of sp³-hybridized carbons (Fsp3) is 0.909. The number of nitrogens with one attached hydrogen (secondary N) is 1. The van der Waals surface area contributed by atoms with Crippen LogP contribution in [0.25, 0.3) is 0 Å². The topological polar surface area (TPSA) is 52.6 Å². The molecule has 0 fully saturated rings. The Morgan fingerprint density at radius 3 is 2.62 bits per heavy atom. The highest BCUT2D eigenvalue weighted by Gasteiger charge is 2.16. The minimum Gasteiger partial charge on any atom is -0.394 e. The standard InChI is InChI=1S/C11H24N2O2S/c1-5-16-7-6-9(2)12-11(15)13(4)10(3)8-14/h9-10,14H,5-8H2,1-4H3,(H,12,15). The van der Waals surface area contributed by atoms with E-state index in [4.69, 9.17) is 5.11 Å². The first-order valence-corrected chi connectivity index (χ1v) is 6.90. The number of hydrogen-bond acceptors (Lipinski definition) is 3. The molecule has 2 unspecified atom stereocenters. The van der Waals surface area contributed by atoms with Crippen molar-refractivity contribution in [2.75, 3.05) is 25.2 Å². The summed E-state index contributed by atoms with van der Waals surface area (Å²) in [6.45, 7) is 5.94. The fourth-order valence-electron chi connectivity index (χ4n) is 1.11. The van der Waals surface area contributed by atoms with Crippen molar-refractivity contribution >= 4 is 17.8 Å². The Bertz CT molecular complexity index is 202. The van der Waals surface area contributed by atoms with E-state index in [2.05, 4.69) is 12.2 Å². The van der Waals surface area contributed by atoms with Gasteiger partial charge < -0.3 is 15.3 Å². The van der Waals surface area contributed by atoms with Gasteiger partial charge in [-0.1, -0.05) is 6.92 Å². The molecular weight excluding hydrogens is 224 g/mol. The summed E-state index contributed by atoms with van der Waals surface area (Å²) in [7, 11) is 1.70. The SMILES string of the molecule is CCSCCC(C)NC(=O)N(C)C(C)CO. The van der Waals surface area contributed by atoms with Gasteiger partial charge in [0.05, 0.1) is 12.6 Å². The lowest BCUT2D eigenvalue weighted by Gasteiger charge is -2.25. The zero-order valence-corrected chi connectivity index (χ0v) is 11.5. The summed E-state index contributed by atoms with van der Waals surface area (Å²) in [5, 5.41) is 11.9. The largest absolute Gasteiger partial charge is 0.394 e. The molecule has 5 heteroatoms. The van der Waals surface area contributed by atoms with Crippen molar-refractivity contribution in [2.24, 2.45) is 0 Å². The van der Waals surface area contributed by atoms with Gasteiger partial charge in [0, 0.05) is 13.1 Å². The van der Waals surface area contributed by atoms with Crippen molar-refractivity contribution in [3.63, 3.8) is 0 Å². The van der Waals surface area contributed by atoms with Crippen LogP contribution in [0.3, 0.4) is 0 Å². The second-order valence-electron chi connectivity index (χ2n) is 3.98. The first-order chi connectivity index (χ1) is 7.52. The average Bonchev–Trinajstić information content (AvgIpc) is 2.27. The highest BCUT2D eigenvalue weighted by molar-refractivity contribution is 7.99. The number of hydrogen-bond donors (Lipinski definition) is 2. The molecule has 2 amide bonds. The molecule has 0 aliphatic heterocycles. The van der Waals surface area contributed by atoms with Crippen molar-refractivity contribution in [3.8, 4) is 0 Å². The summed E-state index contributed by atoms with van der Waals surface area (Å²) in [6, 6.07) is -0.0762. The van der Waals surface area contributed by atoms with E-state index < -0.39 is 0 Å². The smallest absolute Gasteiger partial charge is 0.317 e. The Morgan fingerprint density at radius 1 is 1.50 bits per heavy atom. The maximum atomic E-state index is 11.7. The van der Waals surface area contributed by atoms with E-state index in [1.165, 1.54) is 4.90 Å². The summed E-state index contributed by atoms with van der Waals surface area (Å²) >= 11 is 1.88. The first-order valence-electron chi connectivity index (χ1n) is 5.74. The van der Waals surface area contributed by atoms with Crippen molar-refractivity contribution < 1.29 is 9.90 Å². The summed E-state index contributed by atoms with van der Waals surface area (Å²) in [4.78, 5) is 13.2. The van der Waals surface area contributed by atoms with Gasteiger partial charge in [0.2, 0.25) is 0 Å². The van der Waals surface area contributed by atoms with Gasteiger partial charge in [0.15, 0.2) is 0 Å². The normalized spacial score (nSPS) is 14.3. The molecule has 0 aromatic heterocycles. The lowest BCUT2D eigenvalue weighted by Crippen LogP contribution is -2.46. The van der Waals surface area contributed by atoms with E-state index in [0.29, 0.717) is 0 Å². The monoisotopic (exact) mass is 248 g/mol. The van der Waals surface area contributed by atoms with Gasteiger partial charge >= 0.3 is 6.03 Å². The molecule has 0 aliphatic rings. The molecule has 0 saturated heterocycles. The third-order valence-electron chi connectivity index (χ3n) is 2.51. The van der Waals surface area contributed by atoms with Crippen LogP contribution in [0.2, 0.25) is 0 Å². The average molecular weight is 248 g/mol. The number of aliphatic hydroxyl groups is 1. The first kappa shape index (κ1) is 15.6. The van der Waals surface area contributed by atoms with Gasteiger partial charge in [0.1, 0.15) is 0 Å². The van der Waals surface area contributed by atoms with Gasteiger partial charge in [-0.15, -0.1) is 0 Å². The summed E-state index contributed by atoms with van der Waals surface area (Å²) in [5.74, 6) is 2.18. The number of aliphatic hydroxyl groups excluding tert-OH is 1. The second kappa shape index (κ2) is 8.70. The zero-order chi connectivity index (χ0) is 12.6. The van der Waals surface area contributed by atoms with Crippen LogP contribution in [0.1, 0.15) is 27.2 Å². The van der Waals surface area contributed by atoms with Gasteiger partial charge in [-0.05, 0) is 31.8 Å². The number of carbonyl (C=O) groups excluding carboxylic acids is 1. The lowest BCUT2D eigenvalue weighted by atomic mass is 10.2. The van der Waals surface area contributed by atoms with Crippen LogP contribution in [0.15, 0.2) is 0 Å². The number of carbonyl (C=O) groups is 1. The molecule has 0 spiro atoms. The van der Waals surface area contributed by atoms with Crippen LogP contribution < -0.4 is 5.32 Å². The molecule has 0 aromatic rings. The van der Waals surface area contributed by atoms with Crippen LogP contribution in [-0.4, -0.2) is 53.3 Å². The zero-order valence-electron chi connectivity index (χ0n) is 10.7. The Morgan fingerprint density at radius 2 is 2.12 bits per heavy atom. The molecule has 0 rings (SSSR count). The van der Waals surface area contributed by atoms with Gasteiger partial charge in [-0.25, -0.2) is 4.79 Å². The van der Waals surface area contributed by atoms with E-state index in [-0.39, 0.29) is 24.7 Å². The molecule has 0 bridgehead atoms. The van der Waals surface area contributed by atoms with E-state index in [9.17, 15) is 4.79 Å². The molecule has 0 saturated carbocycles. The third-order valence-corrected chi connectivity index (χ3v) is 3.45. The maximum Gasteiger partial charge on any atom is 0.317 e. The number of thioether (sulfide) groups is 1. The Kier molecular flexibility index (Phi) is 8.47. The number of nitrogens with zero attached hydrogens (tertiary/aromatic N) is 1. The predicted octanol–water partition coefficient (Wildman–Crippen LogP) is 1.54. The number of likely N-dealkylation sites (N-methyl/N-ethyl adjacent to an activating group) is 1. The number of rotatable bonds is 7. The van der Waals surface area contributed by atoms with E-state index in [1.807, 2.05) is 25.6 Å². The van der Waals surface area contributed by atoms with Crippen LogP contribution in [0.5, 0.6) is 0 Å². The Labute approximate surface area is 103 Å². The predicted molar refractivity (Wildman–Crippen MR) is 69.9 cm³/mol. The molecule has 0 aliphatic carbocycles. The molecule has 16 heavy (non-hydrogen) atoms. The summed E-state index contributed by atoms with van der Waals surface area (Å²) in [6.07, 6.45) is 0.978. The molecule has 0 heterocycles. The van der Waals surface area contributed by atoms with Gasteiger partial charge in [0.25, 0.3) is 0 Å². The second-order valence-corrected chi connectivity index (χ2v) is 5.37.